The van der Waals surface area contributed by atoms with Gasteiger partial charge in [0.05, 0.1) is 5.41 Å². The fourth-order valence-electron chi connectivity index (χ4n) is 4.64. The summed E-state index contributed by atoms with van der Waals surface area (Å²) in [5.74, 6) is 0.976. The number of nitrogens with zero attached hydrogens (tertiary/aromatic N) is 3. The highest BCUT2D eigenvalue weighted by molar-refractivity contribution is 5.94. The molecule has 0 aliphatic carbocycles. The summed E-state index contributed by atoms with van der Waals surface area (Å²) in [6.07, 6.45) is 8.60. The van der Waals surface area contributed by atoms with E-state index >= 15 is 0 Å². The number of piperidine rings is 2. The molecule has 1 aromatic heterocycles. The van der Waals surface area contributed by atoms with Crippen LogP contribution in [0, 0.1) is 5.41 Å². The highest BCUT2D eigenvalue weighted by Crippen LogP contribution is 2.41. The second-order valence-electron chi connectivity index (χ2n) is 8.38. The molecule has 6 nitrogen and oxygen atoms in total. The number of carbonyl (C=O) groups excluding carboxylic acids is 2. The van der Waals surface area contributed by atoms with Crippen molar-refractivity contribution >= 4 is 11.8 Å². The lowest BCUT2D eigenvalue weighted by atomic mass is 9.71. The molecular formula is C25H29N3O3. The van der Waals surface area contributed by atoms with E-state index in [0.717, 1.165) is 43.5 Å². The quantitative estimate of drug-likeness (QED) is 0.670. The van der Waals surface area contributed by atoms with Crippen molar-refractivity contribution < 1.29 is 14.3 Å². The standard InChI is InChI=1S/C25H29N3O3/c1-2-18-31-22-6-4-21(5-7-22)23(29)27-16-11-25(12-17-27)10-3-15-28(24(25)30)19-20-8-13-26-14-9-20/h2,4-9,13-14H,1,3,10-12,15-19H2. The van der Waals surface area contributed by atoms with Crippen molar-refractivity contribution in [2.75, 3.05) is 26.2 Å². The average molecular weight is 420 g/mol. The van der Waals surface area contributed by atoms with Crippen LogP contribution in [0.4, 0.5) is 0 Å². The van der Waals surface area contributed by atoms with Gasteiger partial charge in [-0.25, -0.2) is 0 Å². The normalized spacial score (nSPS) is 18.1. The topological polar surface area (TPSA) is 62.7 Å². The van der Waals surface area contributed by atoms with E-state index in [4.69, 9.17) is 4.74 Å². The fraction of sp³-hybridized carbons (Fsp3) is 0.400. The average Bonchev–Trinajstić information content (AvgIpc) is 2.82. The van der Waals surface area contributed by atoms with Gasteiger partial charge in [0.25, 0.3) is 5.91 Å². The van der Waals surface area contributed by atoms with Crippen LogP contribution in [0.3, 0.4) is 0 Å². The van der Waals surface area contributed by atoms with Crippen molar-refractivity contribution in [2.45, 2.75) is 32.2 Å². The van der Waals surface area contributed by atoms with Gasteiger partial charge in [0.15, 0.2) is 0 Å². The molecule has 31 heavy (non-hydrogen) atoms. The van der Waals surface area contributed by atoms with Crippen LogP contribution in [0.2, 0.25) is 0 Å². The van der Waals surface area contributed by atoms with Crippen LogP contribution < -0.4 is 4.74 Å². The third kappa shape index (κ3) is 4.63. The number of ether oxygens (including phenoxy) is 1. The van der Waals surface area contributed by atoms with Gasteiger partial charge in [-0.1, -0.05) is 12.7 Å². The van der Waals surface area contributed by atoms with Gasteiger partial charge in [0, 0.05) is 44.1 Å². The minimum absolute atomic E-state index is 0.0158. The number of amides is 2. The number of benzene rings is 1. The van der Waals surface area contributed by atoms with Crippen molar-refractivity contribution in [2.24, 2.45) is 5.41 Å². The molecule has 162 valence electrons. The molecule has 2 aliphatic rings. The maximum atomic E-state index is 13.4. The first kappa shape index (κ1) is 21.1. The van der Waals surface area contributed by atoms with E-state index in [-0.39, 0.29) is 17.2 Å². The number of carbonyl (C=O) groups is 2. The van der Waals surface area contributed by atoms with Crippen LogP contribution in [0.25, 0.3) is 0 Å². The van der Waals surface area contributed by atoms with E-state index in [1.165, 1.54) is 0 Å². The summed E-state index contributed by atoms with van der Waals surface area (Å²) in [5.41, 5.74) is 1.43. The lowest BCUT2D eigenvalue weighted by Gasteiger charge is -2.46. The van der Waals surface area contributed by atoms with Gasteiger partial charge in [-0.05, 0) is 67.6 Å². The molecular weight excluding hydrogens is 390 g/mol. The van der Waals surface area contributed by atoms with E-state index in [1.54, 1.807) is 30.6 Å². The molecule has 0 radical (unpaired) electrons. The van der Waals surface area contributed by atoms with Crippen molar-refractivity contribution in [1.29, 1.82) is 0 Å². The Morgan fingerprint density at radius 3 is 2.45 bits per heavy atom. The Hall–Kier alpha value is -3.15. The van der Waals surface area contributed by atoms with Crippen LogP contribution in [0.15, 0.2) is 61.4 Å². The van der Waals surface area contributed by atoms with Gasteiger partial charge < -0.3 is 14.5 Å². The summed E-state index contributed by atoms with van der Waals surface area (Å²) >= 11 is 0. The molecule has 0 atom stereocenters. The first-order chi connectivity index (χ1) is 15.1. The highest BCUT2D eigenvalue weighted by Gasteiger charge is 2.46. The monoisotopic (exact) mass is 419 g/mol. The molecule has 0 N–H and O–H groups in total. The second kappa shape index (κ2) is 9.33. The molecule has 1 spiro atoms. The molecule has 1 aromatic carbocycles. The second-order valence-corrected chi connectivity index (χ2v) is 8.38. The molecule has 2 aliphatic heterocycles. The van der Waals surface area contributed by atoms with Gasteiger partial charge in [-0.15, -0.1) is 0 Å². The summed E-state index contributed by atoms with van der Waals surface area (Å²) in [6.45, 7) is 6.73. The minimum atomic E-state index is -0.329. The molecule has 2 saturated heterocycles. The number of pyridine rings is 1. The van der Waals surface area contributed by atoms with E-state index in [0.29, 0.717) is 31.8 Å². The lowest BCUT2D eigenvalue weighted by molar-refractivity contribution is -0.150. The molecule has 2 fully saturated rings. The van der Waals surface area contributed by atoms with Crippen LogP contribution >= 0.6 is 0 Å². The lowest BCUT2D eigenvalue weighted by Crippen LogP contribution is -2.54. The predicted molar refractivity (Wildman–Crippen MR) is 119 cm³/mol. The van der Waals surface area contributed by atoms with Crippen molar-refractivity contribution in [3.63, 3.8) is 0 Å². The number of likely N-dealkylation sites (tertiary alicyclic amines) is 2. The molecule has 0 unspecified atom stereocenters. The van der Waals surface area contributed by atoms with Crippen molar-refractivity contribution in [3.8, 4) is 5.75 Å². The van der Waals surface area contributed by atoms with E-state index in [2.05, 4.69) is 11.6 Å². The number of hydrogen-bond donors (Lipinski definition) is 0. The Balaban J connectivity index is 1.37. The molecule has 4 rings (SSSR count). The maximum absolute atomic E-state index is 13.4. The Kier molecular flexibility index (Phi) is 6.35. The van der Waals surface area contributed by atoms with Gasteiger partial charge in [0.1, 0.15) is 12.4 Å². The molecule has 0 bridgehead atoms. The van der Waals surface area contributed by atoms with Crippen LogP contribution in [0.5, 0.6) is 5.75 Å². The number of rotatable bonds is 6. The molecule has 3 heterocycles. The van der Waals surface area contributed by atoms with Crippen molar-refractivity contribution in [3.05, 3.63) is 72.6 Å². The Morgan fingerprint density at radius 1 is 1.06 bits per heavy atom. The van der Waals surface area contributed by atoms with Gasteiger partial charge >= 0.3 is 0 Å². The third-order valence-electron chi connectivity index (χ3n) is 6.42. The van der Waals surface area contributed by atoms with Gasteiger partial charge in [-0.3, -0.25) is 14.6 Å². The first-order valence-electron chi connectivity index (χ1n) is 10.9. The Morgan fingerprint density at radius 2 is 1.77 bits per heavy atom. The number of aromatic nitrogens is 1. The predicted octanol–water partition coefficient (Wildman–Crippen LogP) is 3.69. The molecule has 0 saturated carbocycles. The van der Waals surface area contributed by atoms with E-state index < -0.39 is 0 Å². The first-order valence-corrected chi connectivity index (χ1v) is 10.9. The van der Waals surface area contributed by atoms with Crippen LogP contribution in [-0.2, 0) is 11.3 Å². The smallest absolute Gasteiger partial charge is 0.253 e. The van der Waals surface area contributed by atoms with Gasteiger partial charge in [0.2, 0.25) is 5.91 Å². The van der Waals surface area contributed by atoms with Crippen LogP contribution in [-0.4, -0.2) is 52.8 Å². The summed E-state index contributed by atoms with van der Waals surface area (Å²) < 4.78 is 5.49. The van der Waals surface area contributed by atoms with Gasteiger partial charge in [-0.2, -0.15) is 0 Å². The molecule has 6 heteroatoms. The number of hydrogen-bond acceptors (Lipinski definition) is 4. The van der Waals surface area contributed by atoms with E-state index in [1.807, 2.05) is 34.1 Å². The zero-order valence-corrected chi connectivity index (χ0v) is 17.8. The molecule has 2 aromatic rings. The zero-order valence-electron chi connectivity index (χ0n) is 17.8. The SMILES string of the molecule is C=CCOc1ccc(C(=O)N2CCC3(CCCN(Cc4ccncc4)C3=O)CC2)cc1. The summed E-state index contributed by atoms with van der Waals surface area (Å²) in [6, 6.07) is 11.1. The largest absolute Gasteiger partial charge is 0.490 e. The highest BCUT2D eigenvalue weighted by atomic mass is 16.5. The Labute approximate surface area is 183 Å². The fourth-order valence-corrected chi connectivity index (χ4v) is 4.64. The third-order valence-corrected chi connectivity index (χ3v) is 6.42. The summed E-state index contributed by atoms with van der Waals surface area (Å²) in [5, 5.41) is 0. The van der Waals surface area contributed by atoms with Crippen molar-refractivity contribution in [1.82, 2.24) is 14.8 Å². The van der Waals surface area contributed by atoms with Crippen LogP contribution in [0.1, 0.15) is 41.6 Å². The molecule has 2 amide bonds. The maximum Gasteiger partial charge on any atom is 0.253 e. The summed E-state index contributed by atoms with van der Waals surface area (Å²) in [7, 11) is 0. The van der Waals surface area contributed by atoms with E-state index in [9.17, 15) is 9.59 Å². The Bertz CT molecular complexity index is 919. The minimum Gasteiger partial charge on any atom is -0.490 e. The summed E-state index contributed by atoms with van der Waals surface area (Å²) in [4.78, 5) is 34.2. The zero-order chi connectivity index (χ0) is 21.7.